The molecule has 166 valence electrons. The zero-order valence-corrected chi connectivity index (χ0v) is 18.5. The van der Waals surface area contributed by atoms with Gasteiger partial charge in [-0.15, -0.1) is 0 Å². The highest BCUT2D eigenvalue weighted by atomic mass is 16.8. The summed E-state index contributed by atoms with van der Waals surface area (Å²) < 4.78 is 19.0. The van der Waals surface area contributed by atoms with Crippen molar-refractivity contribution in [3.8, 4) is 0 Å². The van der Waals surface area contributed by atoms with Gasteiger partial charge in [-0.1, -0.05) is 91.0 Å². The van der Waals surface area contributed by atoms with E-state index in [9.17, 15) is 5.21 Å². The van der Waals surface area contributed by atoms with Gasteiger partial charge in [-0.05, 0) is 19.4 Å². The lowest BCUT2D eigenvalue weighted by atomic mass is 9.99. The third-order valence-electron chi connectivity index (χ3n) is 5.39. The van der Waals surface area contributed by atoms with Crippen molar-refractivity contribution < 1.29 is 18.9 Å². The molecule has 0 bridgehead atoms. The molecule has 1 aliphatic rings. The minimum atomic E-state index is -0.794. The highest BCUT2D eigenvalue weighted by Gasteiger charge is 2.43. The van der Waals surface area contributed by atoms with Crippen LogP contribution in [0.25, 0.3) is 0 Å². The Balaban J connectivity index is 1.54. The Hall–Kier alpha value is -2.99. The summed E-state index contributed by atoms with van der Waals surface area (Å²) in [4.78, 5) is 0. The lowest BCUT2D eigenvalue weighted by molar-refractivity contribution is -0.494. The van der Waals surface area contributed by atoms with E-state index in [-0.39, 0.29) is 6.10 Å². The number of rotatable bonds is 8. The predicted octanol–water partition coefficient (Wildman–Crippen LogP) is 5.09. The number of hydrogen-bond donors (Lipinski definition) is 0. The van der Waals surface area contributed by atoms with Gasteiger partial charge in [0.05, 0.1) is 13.2 Å². The number of benzene rings is 3. The Bertz CT molecular complexity index is 966. The van der Waals surface area contributed by atoms with Crippen LogP contribution in [0.4, 0.5) is 0 Å². The van der Waals surface area contributed by atoms with E-state index < -0.39 is 17.9 Å². The van der Waals surface area contributed by atoms with E-state index in [4.69, 9.17) is 14.2 Å². The normalized spacial score (nSPS) is 20.5. The first kappa shape index (κ1) is 22.2. The van der Waals surface area contributed by atoms with Crippen molar-refractivity contribution in [1.29, 1.82) is 0 Å². The van der Waals surface area contributed by atoms with Gasteiger partial charge in [0.2, 0.25) is 6.04 Å². The summed E-state index contributed by atoms with van der Waals surface area (Å²) in [5.41, 5.74) is 2.92. The number of hydroxylamine groups is 1. The van der Waals surface area contributed by atoms with Gasteiger partial charge in [0.25, 0.3) is 0 Å². The molecule has 0 N–H and O–H groups in total. The van der Waals surface area contributed by atoms with Crippen LogP contribution in [0.3, 0.4) is 0 Å². The Kier molecular flexibility index (Phi) is 7.00. The van der Waals surface area contributed by atoms with E-state index in [1.165, 1.54) is 0 Å². The summed E-state index contributed by atoms with van der Waals surface area (Å²) in [6, 6.07) is 29.0. The Morgan fingerprint density at radius 1 is 0.875 bits per heavy atom. The topological polar surface area (TPSA) is 53.8 Å². The molecule has 0 radical (unpaired) electrons. The molecule has 3 aromatic rings. The molecule has 0 aliphatic carbocycles. The summed E-state index contributed by atoms with van der Waals surface area (Å²) in [5.74, 6) is -0.794. The first-order valence-corrected chi connectivity index (χ1v) is 10.9. The Morgan fingerprint density at radius 2 is 1.41 bits per heavy atom. The lowest BCUT2D eigenvalue weighted by Crippen LogP contribution is -2.32. The molecule has 5 nitrogen and oxygen atoms in total. The van der Waals surface area contributed by atoms with E-state index in [1.54, 1.807) is 6.21 Å². The van der Waals surface area contributed by atoms with Crippen LogP contribution in [-0.2, 0) is 20.8 Å². The summed E-state index contributed by atoms with van der Waals surface area (Å²) in [6.07, 6.45) is 0.682. The molecule has 0 saturated carbocycles. The maximum Gasteiger partial charge on any atom is 0.213 e. The molecule has 4 rings (SSSR count). The first-order chi connectivity index (χ1) is 15.5. The first-order valence-electron chi connectivity index (χ1n) is 10.9. The molecule has 5 heteroatoms. The quantitative estimate of drug-likeness (QED) is 0.216. The van der Waals surface area contributed by atoms with Crippen LogP contribution >= 0.6 is 0 Å². The number of ether oxygens (including phenoxy) is 3. The molecule has 0 spiro atoms. The summed E-state index contributed by atoms with van der Waals surface area (Å²) in [7, 11) is 0. The lowest BCUT2D eigenvalue weighted by Gasteiger charge is -2.20. The average Bonchev–Trinajstić information content (AvgIpc) is 3.09. The van der Waals surface area contributed by atoms with E-state index in [2.05, 4.69) is 0 Å². The second-order valence-corrected chi connectivity index (χ2v) is 8.37. The maximum atomic E-state index is 13.4. The maximum absolute atomic E-state index is 13.4. The highest BCUT2D eigenvalue weighted by molar-refractivity contribution is 5.60. The third kappa shape index (κ3) is 5.62. The average molecular weight is 432 g/mol. The predicted molar refractivity (Wildman–Crippen MR) is 124 cm³/mol. The molecule has 0 amide bonds. The van der Waals surface area contributed by atoms with Crippen molar-refractivity contribution in [2.24, 2.45) is 0 Å². The fraction of sp³-hybridized carbons (Fsp3) is 0.296. The molecule has 2 atom stereocenters. The molecule has 3 aromatic carbocycles. The van der Waals surface area contributed by atoms with Gasteiger partial charge < -0.3 is 19.4 Å². The molecule has 32 heavy (non-hydrogen) atoms. The number of nitrogens with zero attached hydrogens (tertiary/aromatic N) is 1. The van der Waals surface area contributed by atoms with E-state index in [0.717, 1.165) is 21.4 Å². The van der Waals surface area contributed by atoms with Gasteiger partial charge in [-0.3, -0.25) is 0 Å². The molecule has 1 fully saturated rings. The smallest absolute Gasteiger partial charge is 0.213 e. The van der Waals surface area contributed by atoms with Gasteiger partial charge in [-0.2, -0.15) is 0 Å². The third-order valence-corrected chi connectivity index (χ3v) is 5.39. The van der Waals surface area contributed by atoms with Crippen molar-refractivity contribution in [2.45, 2.75) is 44.5 Å². The van der Waals surface area contributed by atoms with Crippen molar-refractivity contribution in [1.82, 2.24) is 0 Å². The van der Waals surface area contributed by atoms with Gasteiger partial charge in [0, 0.05) is 11.1 Å². The van der Waals surface area contributed by atoms with E-state index in [1.807, 2.05) is 105 Å². The van der Waals surface area contributed by atoms with Crippen LogP contribution in [0.1, 0.15) is 36.6 Å². The number of hydrogen-bond acceptors (Lipinski definition) is 4. The second kappa shape index (κ2) is 10.1. The fourth-order valence-electron chi connectivity index (χ4n) is 3.97. The molecule has 1 saturated heterocycles. The standard InChI is InChI=1S/C27H29NO4/c1-27(2)31-24(25(32-27)20-30-19-21-12-6-3-7-13-21)18-28(29)26(22-14-8-4-9-15-22)23-16-10-5-11-17-23/h3-18,24-26H,19-20H2,1-2H3/b28-18-/t24-,25-/m0/s1. The summed E-state index contributed by atoms with van der Waals surface area (Å²) >= 11 is 0. The zero-order valence-electron chi connectivity index (χ0n) is 18.5. The van der Waals surface area contributed by atoms with Gasteiger partial charge in [0.15, 0.2) is 18.1 Å². The van der Waals surface area contributed by atoms with Gasteiger partial charge in [-0.25, -0.2) is 4.74 Å². The molecule has 0 unspecified atom stereocenters. The minimum absolute atomic E-state index is 0.328. The van der Waals surface area contributed by atoms with Crippen LogP contribution < -0.4 is 0 Å². The van der Waals surface area contributed by atoms with Crippen LogP contribution in [0.15, 0.2) is 91.0 Å². The van der Waals surface area contributed by atoms with Crippen LogP contribution in [-0.4, -0.2) is 35.6 Å². The van der Waals surface area contributed by atoms with Crippen molar-refractivity contribution in [3.05, 3.63) is 113 Å². The van der Waals surface area contributed by atoms with Crippen LogP contribution in [0.5, 0.6) is 0 Å². The molecular weight excluding hydrogens is 402 g/mol. The van der Waals surface area contributed by atoms with Crippen molar-refractivity contribution >= 4 is 6.21 Å². The SMILES string of the molecule is CC1(C)O[C@@H](/C=[N+](\[O-])C(c2ccccc2)c2ccccc2)[C@H](COCc2ccccc2)O1. The summed E-state index contributed by atoms with van der Waals surface area (Å²) in [5, 5.41) is 13.4. The van der Waals surface area contributed by atoms with E-state index >= 15 is 0 Å². The van der Waals surface area contributed by atoms with Crippen LogP contribution in [0.2, 0.25) is 0 Å². The Morgan fingerprint density at radius 3 is 1.97 bits per heavy atom. The fourth-order valence-corrected chi connectivity index (χ4v) is 3.97. The summed E-state index contributed by atoms with van der Waals surface area (Å²) in [6.45, 7) is 4.51. The molecule has 1 heterocycles. The monoisotopic (exact) mass is 431 g/mol. The zero-order chi connectivity index (χ0) is 22.4. The Labute approximate surface area is 189 Å². The van der Waals surface area contributed by atoms with Gasteiger partial charge >= 0.3 is 0 Å². The van der Waals surface area contributed by atoms with Gasteiger partial charge in [0.1, 0.15) is 6.10 Å². The molecule has 1 aliphatic heterocycles. The molecular formula is C27H29NO4. The van der Waals surface area contributed by atoms with E-state index in [0.29, 0.717) is 13.2 Å². The van der Waals surface area contributed by atoms with Crippen molar-refractivity contribution in [3.63, 3.8) is 0 Å². The minimum Gasteiger partial charge on any atom is -0.623 e. The second-order valence-electron chi connectivity index (χ2n) is 8.37. The van der Waals surface area contributed by atoms with Crippen LogP contribution in [0, 0.1) is 5.21 Å². The molecule has 0 aromatic heterocycles. The highest BCUT2D eigenvalue weighted by Crippen LogP contribution is 2.30. The van der Waals surface area contributed by atoms with Crippen molar-refractivity contribution in [2.75, 3.05) is 6.61 Å². The largest absolute Gasteiger partial charge is 0.623 e.